The van der Waals surface area contributed by atoms with Crippen LogP contribution in [0.1, 0.15) is 41.0 Å². The van der Waals surface area contributed by atoms with Crippen LogP contribution in [-0.2, 0) is 20.3 Å². The number of amides is 1. The molecule has 0 heterocycles. The van der Waals surface area contributed by atoms with Gasteiger partial charge in [0.2, 0.25) is 0 Å². The third-order valence-corrected chi connectivity index (χ3v) is 3.11. The summed E-state index contributed by atoms with van der Waals surface area (Å²) in [6.45, 7) is 8.82. The molecule has 0 saturated carbocycles. The van der Waals surface area contributed by atoms with E-state index < -0.39 is 28.5 Å². The first-order valence-corrected chi connectivity index (χ1v) is 8.09. The Bertz CT molecular complexity index is 347. The minimum Gasteiger partial charge on any atom is -0.444 e. The van der Waals surface area contributed by atoms with Crippen LogP contribution in [0, 0.1) is 5.92 Å². The molecule has 0 bridgehead atoms. The summed E-state index contributed by atoms with van der Waals surface area (Å²) >= 11 is 0. The van der Waals surface area contributed by atoms with Crippen molar-refractivity contribution < 1.29 is 18.5 Å². The molecule has 0 radical (unpaired) electrons. The van der Waals surface area contributed by atoms with Crippen molar-refractivity contribution in [2.24, 2.45) is 5.92 Å². The Hall–Kier alpha value is -0.910. The second-order valence-corrected chi connectivity index (χ2v) is 7.38. The van der Waals surface area contributed by atoms with Crippen LogP contribution in [0.5, 0.6) is 0 Å². The van der Waals surface area contributed by atoms with Gasteiger partial charge in [0.15, 0.2) is 5.78 Å². The predicted molar refractivity (Wildman–Crippen MR) is 76.6 cm³/mol. The van der Waals surface area contributed by atoms with Gasteiger partial charge in [0, 0.05) is 28.7 Å². The SMILES string of the molecule is CC(C)C(=O)[C@H](CCS(C)=O)NC(=O)OC(C)(C)C. The zero-order valence-corrected chi connectivity index (χ0v) is 13.4. The van der Waals surface area contributed by atoms with Crippen molar-refractivity contribution in [1.29, 1.82) is 0 Å². The molecular weight excluding hydrogens is 266 g/mol. The number of Topliss-reactive ketones (excluding diaryl/α,β-unsaturated/α-hetero) is 1. The first-order valence-electron chi connectivity index (χ1n) is 6.36. The zero-order chi connectivity index (χ0) is 15.2. The maximum absolute atomic E-state index is 12.0. The lowest BCUT2D eigenvalue weighted by Gasteiger charge is -2.23. The van der Waals surface area contributed by atoms with Gasteiger partial charge in [-0.2, -0.15) is 0 Å². The molecule has 0 aliphatic rings. The maximum atomic E-state index is 12.0. The average molecular weight is 291 g/mol. The van der Waals surface area contributed by atoms with E-state index in [1.54, 1.807) is 40.9 Å². The van der Waals surface area contributed by atoms with Gasteiger partial charge in [-0.15, -0.1) is 0 Å². The Morgan fingerprint density at radius 3 is 2.16 bits per heavy atom. The minimum atomic E-state index is -0.994. The van der Waals surface area contributed by atoms with Gasteiger partial charge in [0.05, 0.1) is 6.04 Å². The highest BCUT2D eigenvalue weighted by atomic mass is 32.2. The van der Waals surface area contributed by atoms with E-state index >= 15 is 0 Å². The molecule has 0 fully saturated rings. The molecule has 6 heteroatoms. The van der Waals surface area contributed by atoms with Crippen LogP contribution >= 0.6 is 0 Å². The fraction of sp³-hybridized carbons (Fsp3) is 0.846. The van der Waals surface area contributed by atoms with E-state index in [2.05, 4.69) is 5.32 Å². The summed E-state index contributed by atoms with van der Waals surface area (Å²) in [5.74, 6) is 0.111. The predicted octanol–water partition coefficient (Wildman–Crippen LogP) is 1.87. The topological polar surface area (TPSA) is 72.5 Å². The summed E-state index contributed by atoms with van der Waals surface area (Å²) in [5.41, 5.74) is -0.608. The number of carbonyl (C=O) groups excluding carboxylic acids is 2. The van der Waals surface area contributed by atoms with E-state index in [0.29, 0.717) is 12.2 Å². The first kappa shape index (κ1) is 18.1. The molecular formula is C13H25NO4S. The molecule has 0 aromatic heterocycles. The van der Waals surface area contributed by atoms with Gasteiger partial charge in [-0.1, -0.05) is 13.8 Å². The molecule has 0 aromatic carbocycles. The van der Waals surface area contributed by atoms with Crippen molar-refractivity contribution in [3.05, 3.63) is 0 Å². The van der Waals surface area contributed by atoms with Gasteiger partial charge in [-0.3, -0.25) is 9.00 Å². The quantitative estimate of drug-likeness (QED) is 0.811. The Morgan fingerprint density at radius 2 is 1.79 bits per heavy atom. The summed E-state index contributed by atoms with van der Waals surface area (Å²) in [4.78, 5) is 23.7. The van der Waals surface area contributed by atoms with Crippen LogP contribution in [0.4, 0.5) is 4.79 Å². The molecule has 1 amide bonds. The highest BCUT2D eigenvalue weighted by Gasteiger charge is 2.25. The molecule has 0 spiro atoms. The molecule has 1 unspecified atom stereocenters. The number of rotatable bonds is 6. The molecule has 19 heavy (non-hydrogen) atoms. The Labute approximate surface area is 117 Å². The van der Waals surface area contributed by atoms with Crippen molar-refractivity contribution in [2.45, 2.75) is 52.7 Å². The number of hydrogen-bond donors (Lipinski definition) is 1. The van der Waals surface area contributed by atoms with Crippen molar-refractivity contribution in [3.8, 4) is 0 Å². The van der Waals surface area contributed by atoms with E-state index in [0.717, 1.165) is 0 Å². The average Bonchev–Trinajstić information content (AvgIpc) is 2.20. The summed E-state index contributed by atoms with van der Waals surface area (Å²) < 4.78 is 16.2. The van der Waals surface area contributed by atoms with Crippen molar-refractivity contribution in [3.63, 3.8) is 0 Å². The second-order valence-electron chi connectivity index (χ2n) is 5.82. The summed E-state index contributed by atoms with van der Waals surface area (Å²) in [6.07, 6.45) is 1.32. The van der Waals surface area contributed by atoms with Gasteiger partial charge >= 0.3 is 6.09 Å². The fourth-order valence-corrected chi connectivity index (χ4v) is 1.99. The molecule has 112 valence electrons. The molecule has 0 aromatic rings. The Morgan fingerprint density at radius 1 is 1.26 bits per heavy atom. The van der Waals surface area contributed by atoms with Crippen molar-refractivity contribution in [2.75, 3.05) is 12.0 Å². The lowest BCUT2D eigenvalue weighted by atomic mass is 10.00. The van der Waals surface area contributed by atoms with Crippen LogP contribution in [0.3, 0.4) is 0 Å². The van der Waals surface area contributed by atoms with Gasteiger partial charge in [0.1, 0.15) is 5.60 Å². The lowest BCUT2D eigenvalue weighted by Crippen LogP contribution is -2.45. The van der Waals surface area contributed by atoms with Crippen LogP contribution < -0.4 is 5.32 Å². The molecule has 0 aliphatic heterocycles. The van der Waals surface area contributed by atoms with E-state index in [4.69, 9.17) is 4.74 Å². The standard InChI is InChI=1S/C13H25NO4S/c1-9(2)11(15)10(7-8-19(6)17)14-12(16)18-13(3,4)5/h9-10H,7-8H2,1-6H3,(H,14,16)/t10-,19?/m0/s1. The van der Waals surface area contributed by atoms with Crippen LogP contribution in [-0.4, -0.2) is 39.7 Å². The smallest absolute Gasteiger partial charge is 0.408 e. The summed E-state index contributed by atoms with van der Waals surface area (Å²) in [7, 11) is -0.994. The molecule has 2 atom stereocenters. The number of ketones is 1. The third kappa shape index (κ3) is 8.75. The zero-order valence-electron chi connectivity index (χ0n) is 12.6. The van der Waals surface area contributed by atoms with Crippen LogP contribution in [0.25, 0.3) is 0 Å². The van der Waals surface area contributed by atoms with E-state index in [9.17, 15) is 13.8 Å². The van der Waals surface area contributed by atoms with E-state index in [-0.39, 0.29) is 11.7 Å². The molecule has 0 aliphatic carbocycles. The lowest BCUT2D eigenvalue weighted by molar-refractivity contribution is -0.124. The summed E-state index contributed by atoms with van der Waals surface area (Å²) in [5, 5.41) is 2.56. The highest BCUT2D eigenvalue weighted by molar-refractivity contribution is 7.84. The van der Waals surface area contributed by atoms with Gasteiger partial charge < -0.3 is 10.1 Å². The first-order chi connectivity index (χ1) is 8.53. The number of nitrogens with one attached hydrogen (secondary N) is 1. The van der Waals surface area contributed by atoms with Crippen LogP contribution in [0.2, 0.25) is 0 Å². The van der Waals surface area contributed by atoms with Crippen molar-refractivity contribution in [1.82, 2.24) is 5.32 Å². The molecule has 1 N–H and O–H groups in total. The van der Waals surface area contributed by atoms with E-state index in [1.165, 1.54) is 0 Å². The van der Waals surface area contributed by atoms with E-state index in [1.807, 2.05) is 0 Å². The fourth-order valence-electron chi connectivity index (χ4n) is 1.42. The molecule has 0 rings (SSSR count). The molecule has 0 saturated heterocycles. The highest BCUT2D eigenvalue weighted by Crippen LogP contribution is 2.09. The largest absolute Gasteiger partial charge is 0.444 e. The number of alkyl carbamates (subject to hydrolysis) is 1. The van der Waals surface area contributed by atoms with Gasteiger partial charge in [-0.25, -0.2) is 4.79 Å². The Kier molecular flexibility index (Phi) is 7.26. The van der Waals surface area contributed by atoms with Crippen LogP contribution in [0.15, 0.2) is 0 Å². The minimum absolute atomic E-state index is 0.0729. The van der Waals surface area contributed by atoms with Crippen molar-refractivity contribution >= 4 is 22.7 Å². The Balaban J connectivity index is 4.62. The molecule has 5 nitrogen and oxygen atoms in total. The number of ether oxygens (including phenoxy) is 1. The maximum Gasteiger partial charge on any atom is 0.408 e. The van der Waals surface area contributed by atoms with Gasteiger partial charge in [-0.05, 0) is 27.2 Å². The summed E-state index contributed by atoms with van der Waals surface area (Å²) in [6, 6.07) is -0.640. The monoisotopic (exact) mass is 291 g/mol. The third-order valence-electron chi connectivity index (χ3n) is 2.30. The second kappa shape index (κ2) is 7.62. The number of carbonyl (C=O) groups is 2. The number of hydrogen-bond acceptors (Lipinski definition) is 4. The normalized spacial score (nSPS) is 14.9. The van der Waals surface area contributed by atoms with Gasteiger partial charge in [0.25, 0.3) is 0 Å².